The highest BCUT2D eigenvalue weighted by Gasteiger charge is 2.05. The minimum absolute atomic E-state index is 0.0966. The Kier molecular flexibility index (Phi) is 6.92. The Bertz CT molecular complexity index is 493. The third-order valence-corrected chi connectivity index (χ3v) is 2.98. The standard InChI is InChI=1S/C17H26N2O2/c1-6-15(10-17(20)21-13(4)5)19-11-14-7-8-18-16(9-14)12(2)3/h7-10,12-13,19H,6,11H2,1-5H3/b15-10-. The number of nitrogens with one attached hydrogen (secondary N) is 1. The molecule has 0 aliphatic heterocycles. The van der Waals surface area contributed by atoms with E-state index in [-0.39, 0.29) is 12.1 Å². The van der Waals surface area contributed by atoms with Crippen molar-refractivity contribution in [2.75, 3.05) is 0 Å². The van der Waals surface area contributed by atoms with Crippen LogP contribution in [0.4, 0.5) is 0 Å². The van der Waals surface area contributed by atoms with Crippen LogP contribution in [-0.2, 0) is 16.1 Å². The van der Waals surface area contributed by atoms with Crippen LogP contribution in [0, 0.1) is 0 Å². The SMILES string of the molecule is CC/C(=C/C(=O)OC(C)C)NCc1ccnc(C(C)C)c1. The van der Waals surface area contributed by atoms with Crippen molar-refractivity contribution in [3.05, 3.63) is 41.4 Å². The van der Waals surface area contributed by atoms with Gasteiger partial charge in [-0.25, -0.2) is 4.79 Å². The lowest BCUT2D eigenvalue weighted by atomic mass is 10.1. The van der Waals surface area contributed by atoms with Gasteiger partial charge in [-0.05, 0) is 43.9 Å². The van der Waals surface area contributed by atoms with E-state index in [4.69, 9.17) is 4.74 Å². The first-order valence-corrected chi connectivity index (χ1v) is 7.52. The van der Waals surface area contributed by atoms with Gasteiger partial charge in [-0.3, -0.25) is 4.98 Å². The summed E-state index contributed by atoms with van der Waals surface area (Å²) in [6.07, 6.45) is 4.02. The Morgan fingerprint density at radius 1 is 1.38 bits per heavy atom. The molecule has 0 spiro atoms. The van der Waals surface area contributed by atoms with Gasteiger partial charge in [0.25, 0.3) is 0 Å². The van der Waals surface area contributed by atoms with Crippen LogP contribution in [0.1, 0.15) is 58.2 Å². The summed E-state index contributed by atoms with van der Waals surface area (Å²) in [4.78, 5) is 16.0. The first-order valence-electron chi connectivity index (χ1n) is 7.52. The molecule has 0 fully saturated rings. The highest BCUT2D eigenvalue weighted by Crippen LogP contribution is 2.13. The van der Waals surface area contributed by atoms with Crippen LogP contribution in [0.5, 0.6) is 0 Å². The second-order valence-corrected chi connectivity index (χ2v) is 5.61. The van der Waals surface area contributed by atoms with Crippen molar-refractivity contribution in [3.8, 4) is 0 Å². The summed E-state index contributed by atoms with van der Waals surface area (Å²) in [5.41, 5.74) is 3.12. The second kappa shape index (κ2) is 8.45. The van der Waals surface area contributed by atoms with Crippen molar-refractivity contribution in [2.45, 2.75) is 59.6 Å². The summed E-state index contributed by atoms with van der Waals surface area (Å²) in [5, 5.41) is 3.29. The number of hydrogen-bond acceptors (Lipinski definition) is 4. The molecule has 1 aromatic rings. The van der Waals surface area contributed by atoms with Crippen molar-refractivity contribution < 1.29 is 9.53 Å². The molecule has 1 heterocycles. The number of ether oxygens (including phenoxy) is 1. The van der Waals surface area contributed by atoms with Crippen LogP contribution < -0.4 is 5.32 Å². The molecule has 0 saturated heterocycles. The molecule has 4 nitrogen and oxygen atoms in total. The molecular formula is C17H26N2O2. The molecule has 0 bridgehead atoms. The number of rotatable bonds is 7. The van der Waals surface area contributed by atoms with Crippen molar-refractivity contribution in [2.24, 2.45) is 0 Å². The lowest BCUT2D eigenvalue weighted by Gasteiger charge is -2.12. The molecule has 0 saturated carbocycles. The number of carbonyl (C=O) groups excluding carboxylic acids is 1. The summed E-state index contributed by atoms with van der Waals surface area (Å²) >= 11 is 0. The predicted molar refractivity (Wildman–Crippen MR) is 84.8 cm³/mol. The normalized spacial score (nSPS) is 11.9. The van der Waals surface area contributed by atoms with E-state index in [1.807, 2.05) is 33.0 Å². The Labute approximate surface area is 127 Å². The second-order valence-electron chi connectivity index (χ2n) is 5.61. The van der Waals surface area contributed by atoms with Gasteiger partial charge in [0.2, 0.25) is 0 Å². The highest BCUT2D eigenvalue weighted by atomic mass is 16.5. The Morgan fingerprint density at radius 2 is 2.10 bits per heavy atom. The van der Waals surface area contributed by atoms with Crippen LogP contribution in [0.3, 0.4) is 0 Å². The van der Waals surface area contributed by atoms with E-state index in [2.05, 4.69) is 30.2 Å². The molecule has 0 atom stereocenters. The van der Waals surface area contributed by atoms with Crippen molar-refractivity contribution in [1.82, 2.24) is 10.3 Å². The molecule has 4 heteroatoms. The van der Waals surface area contributed by atoms with Crippen LogP contribution in [0.15, 0.2) is 30.1 Å². The zero-order valence-electron chi connectivity index (χ0n) is 13.6. The van der Waals surface area contributed by atoms with E-state index >= 15 is 0 Å². The highest BCUT2D eigenvalue weighted by molar-refractivity contribution is 5.82. The first kappa shape index (κ1) is 17.2. The summed E-state index contributed by atoms with van der Waals surface area (Å²) in [5.74, 6) is 0.110. The van der Waals surface area contributed by atoms with Gasteiger partial charge >= 0.3 is 5.97 Å². The van der Waals surface area contributed by atoms with Crippen LogP contribution in [-0.4, -0.2) is 17.1 Å². The third-order valence-electron chi connectivity index (χ3n) is 2.98. The minimum Gasteiger partial charge on any atom is -0.460 e. The first-order chi connectivity index (χ1) is 9.92. The molecule has 0 aliphatic carbocycles. The zero-order valence-corrected chi connectivity index (χ0v) is 13.6. The monoisotopic (exact) mass is 290 g/mol. The van der Waals surface area contributed by atoms with Gasteiger partial charge in [0, 0.05) is 30.2 Å². The fraction of sp³-hybridized carbons (Fsp3) is 0.529. The number of carbonyl (C=O) groups is 1. The molecule has 0 aliphatic rings. The summed E-state index contributed by atoms with van der Waals surface area (Å²) < 4.78 is 5.12. The minimum atomic E-state index is -0.299. The average Bonchev–Trinajstić information content (AvgIpc) is 2.42. The van der Waals surface area contributed by atoms with Gasteiger partial charge in [0.05, 0.1) is 6.10 Å². The maximum absolute atomic E-state index is 11.6. The number of nitrogens with zero attached hydrogens (tertiary/aromatic N) is 1. The maximum atomic E-state index is 11.6. The zero-order chi connectivity index (χ0) is 15.8. The van der Waals surface area contributed by atoms with Crippen LogP contribution in [0.25, 0.3) is 0 Å². The van der Waals surface area contributed by atoms with E-state index in [1.165, 1.54) is 6.08 Å². The fourth-order valence-electron chi connectivity index (χ4n) is 1.82. The average molecular weight is 290 g/mol. The van der Waals surface area contributed by atoms with Crippen molar-refractivity contribution in [3.63, 3.8) is 0 Å². The largest absolute Gasteiger partial charge is 0.460 e. The molecule has 0 unspecified atom stereocenters. The van der Waals surface area contributed by atoms with Crippen LogP contribution in [0.2, 0.25) is 0 Å². The van der Waals surface area contributed by atoms with Crippen molar-refractivity contribution >= 4 is 5.97 Å². The molecular weight excluding hydrogens is 264 g/mol. The van der Waals surface area contributed by atoms with E-state index in [0.29, 0.717) is 12.5 Å². The van der Waals surface area contributed by atoms with Crippen LogP contribution >= 0.6 is 0 Å². The van der Waals surface area contributed by atoms with E-state index in [1.54, 1.807) is 0 Å². The Balaban J connectivity index is 2.65. The molecule has 1 N–H and O–H groups in total. The topological polar surface area (TPSA) is 51.2 Å². The maximum Gasteiger partial charge on any atom is 0.332 e. The van der Waals surface area contributed by atoms with Gasteiger partial charge in [0.15, 0.2) is 0 Å². The quantitative estimate of drug-likeness (QED) is 0.616. The molecule has 1 rings (SSSR count). The number of aromatic nitrogens is 1. The van der Waals surface area contributed by atoms with Gasteiger partial charge in [-0.1, -0.05) is 20.8 Å². The van der Waals surface area contributed by atoms with Crippen molar-refractivity contribution in [1.29, 1.82) is 0 Å². The van der Waals surface area contributed by atoms with Gasteiger partial charge in [-0.15, -0.1) is 0 Å². The molecule has 116 valence electrons. The summed E-state index contributed by atoms with van der Waals surface area (Å²) in [6, 6.07) is 4.08. The number of pyridine rings is 1. The summed E-state index contributed by atoms with van der Waals surface area (Å²) in [7, 11) is 0. The number of allylic oxidation sites excluding steroid dienone is 1. The van der Waals surface area contributed by atoms with E-state index < -0.39 is 0 Å². The van der Waals surface area contributed by atoms with E-state index in [0.717, 1.165) is 23.4 Å². The molecule has 0 amide bonds. The van der Waals surface area contributed by atoms with Gasteiger partial charge in [-0.2, -0.15) is 0 Å². The summed E-state index contributed by atoms with van der Waals surface area (Å²) in [6.45, 7) is 10.6. The number of hydrogen-bond donors (Lipinski definition) is 1. The molecule has 21 heavy (non-hydrogen) atoms. The molecule has 1 aromatic heterocycles. The molecule has 0 radical (unpaired) electrons. The Morgan fingerprint density at radius 3 is 2.67 bits per heavy atom. The fourth-order valence-corrected chi connectivity index (χ4v) is 1.82. The van der Waals surface area contributed by atoms with Gasteiger partial charge < -0.3 is 10.1 Å². The number of esters is 1. The smallest absolute Gasteiger partial charge is 0.332 e. The Hall–Kier alpha value is -1.84. The third kappa shape index (κ3) is 6.43. The lowest BCUT2D eigenvalue weighted by molar-refractivity contribution is -0.141. The molecule has 0 aromatic carbocycles. The lowest BCUT2D eigenvalue weighted by Crippen LogP contribution is -2.16. The van der Waals surface area contributed by atoms with E-state index in [9.17, 15) is 4.79 Å². The predicted octanol–water partition coefficient (Wildman–Crippen LogP) is 3.54. The van der Waals surface area contributed by atoms with Gasteiger partial charge in [0.1, 0.15) is 0 Å².